The monoisotopic (exact) mass is 315 g/mol. The number of aromatic amines is 1. The Kier molecular flexibility index (Phi) is 3.86. The Morgan fingerprint density at radius 2 is 1.79 bits per heavy atom. The molecule has 2 heterocycles. The predicted molar refractivity (Wildman–Crippen MR) is 96.6 cm³/mol. The molecule has 0 saturated carbocycles. The van der Waals surface area contributed by atoms with Gasteiger partial charge in [-0.25, -0.2) is 0 Å². The van der Waals surface area contributed by atoms with E-state index >= 15 is 0 Å². The molecule has 24 heavy (non-hydrogen) atoms. The Morgan fingerprint density at radius 3 is 2.62 bits per heavy atom. The van der Waals surface area contributed by atoms with Crippen LogP contribution in [0, 0.1) is 0 Å². The molecule has 0 saturated heterocycles. The van der Waals surface area contributed by atoms with Crippen molar-refractivity contribution < 1.29 is 4.74 Å². The van der Waals surface area contributed by atoms with Crippen LogP contribution in [0.4, 0.5) is 11.4 Å². The van der Waals surface area contributed by atoms with Gasteiger partial charge in [-0.3, -0.25) is 4.98 Å². The number of fused-ring (bicyclic) bond motifs is 1. The highest BCUT2D eigenvalue weighted by molar-refractivity contribution is 5.95. The lowest BCUT2D eigenvalue weighted by Crippen LogP contribution is -1.95. The van der Waals surface area contributed by atoms with Crippen LogP contribution >= 0.6 is 0 Å². The van der Waals surface area contributed by atoms with Gasteiger partial charge < -0.3 is 15.0 Å². The summed E-state index contributed by atoms with van der Waals surface area (Å²) in [5.74, 6) is 0.851. The van der Waals surface area contributed by atoms with E-state index < -0.39 is 0 Å². The van der Waals surface area contributed by atoms with E-state index in [9.17, 15) is 0 Å². The molecule has 0 bridgehead atoms. The molecule has 0 aliphatic rings. The molecule has 2 aromatic carbocycles. The first-order chi connectivity index (χ1) is 11.9. The Balaban J connectivity index is 1.56. The van der Waals surface area contributed by atoms with Gasteiger partial charge >= 0.3 is 0 Å². The van der Waals surface area contributed by atoms with E-state index in [4.69, 9.17) is 4.74 Å². The summed E-state index contributed by atoms with van der Waals surface area (Å²) in [5.41, 5.74) is 4.24. The fraction of sp³-hybridized carbons (Fsp3) is 0.0500. The normalized spacial score (nSPS) is 10.7. The van der Waals surface area contributed by atoms with E-state index in [1.165, 1.54) is 0 Å². The lowest BCUT2D eigenvalue weighted by molar-refractivity contribution is 0.306. The highest BCUT2D eigenvalue weighted by Gasteiger charge is 2.06. The molecule has 0 spiro atoms. The van der Waals surface area contributed by atoms with E-state index in [1.807, 2.05) is 48.7 Å². The summed E-state index contributed by atoms with van der Waals surface area (Å²) >= 11 is 0. The standard InChI is InChI=1S/C20H17N3O/c1-2-4-15(5-3-1)14-24-17-6-7-19-18(12-17)20(13-22-19)23-16-8-10-21-11-9-16/h1-13,22H,14H2,(H,21,23). The first-order valence-electron chi connectivity index (χ1n) is 7.83. The molecule has 4 rings (SSSR count). The van der Waals surface area contributed by atoms with Gasteiger partial charge in [-0.1, -0.05) is 30.3 Å². The van der Waals surface area contributed by atoms with E-state index in [0.29, 0.717) is 6.61 Å². The van der Waals surface area contributed by atoms with Crippen molar-refractivity contribution in [1.82, 2.24) is 9.97 Å². The number of aromatic nitrogens is 2. The van der Waals surface area contributed by atoms with Gasteiger partial charge in [0.25, 0.3) is 0 Å². The van der Waals surface area contributed by atoms with Crippen LogP contribution < -0.4 is 10.1 Å². The van der Waals surface area contributed by atoms with Crippen molar-refractivity contribution in [3.8, 4) is 5.75 Å². The fourth-order valence-electron chi connectivity index (χ4n) is 2.62. The summed E-state index contributed by atoms with van der Waals surface area (Å²) in [4.78, 5) is 7.31. The Labute approximate surface area is 140 Å². The summed E-state index contributed by atoms with van der Waals surface area (Å²) in [6, 6.07) is 20.1. The minimum Gasteiger partial charge on any atom is -0.489 e. The van der Waals surface area contributed by atoms with Gasteiger partial charge in [0.15, 0.2) is 0 Å². The number of H-pyrrole nitrogens is 1. The number of benzene rings is 2. The van der Waals surface area contributed by atoms with Crippen LogP contribution in [0.2, 0.25) is 0 Å². The zero-order chi connectivity index (χ0) is 16.2. The molecule has 0 radical (unpaired) electrons. The minimum atomic E-state index is 0.559. The smallest absolute Gasteiger partial charge is 0.120 e. The fourth-order valence-corrected chi connectivity index (χ4v) is 2.62. The number of hydrogen-bond donors (Lipinski definition) is 2. The summed E-state index contributed by atoms with van der Waals surface area (Å²) in [6.07, 6.45) is 5.50. The SMILES string of the molecule is c1ccc(COc2ccc3[nH]cc(Nc4ccncc4)c3c2)cc1. The van der Waals surface area contributed by atoms with Crippen molar-refractivity contribution in [2.24, 2.45) is 0 Å². The molecular formula is C20H17N3O. The van der Waals surface area contributed by atoms with Crippen LogP contribution in [-0.4, -0.2) is 9.97 Å². The Bertz CT molecular complexity index is 933. The zero-order valence-corrected chi connectivity index (χ0v) is 13.1. The topological polar surface area (TPSA) is 49.9 Å². The zero-order valence-electron chi connectivity index (χ0n) is 13.1. The lowest BCUT2D eigenvalue weighted by atomic mass is 10.2. The molecule has 0 aliphatic carbocycles. The van der Waals surface area contributed by atoms with Crippen LogP contribution in [0.3, 0.4) is 0 Å². The minimum absolute atomic E-state index is 0.559. The van der Waals surface area contributed by atoms with Crippen LogP contribution in [0.1, 0.15) is 5.56 Å². The molecule has 4 aromatic rings. The van der Waals surface area contributed by atoms with Gasteiger partial charge in [0.2, 0.25) is 0 Å². The van der Waals surface area contributed by atoms with Crippen LogP contribution in [0.25, 0.3) is 10.9 Å². The van der Waals surface area contributed by atoms with Gasteiger partial charge in [-0.05, 0) is 35.9 Å². The van der Waals surface area contributed by atoms with E-state index in [-0.39, 0.29) is 0 Å². The Morgan fingerprint density at radius 1 is 0.958 bits per heavy atom. The van der Waals surface area contributed by atoms with Crippen LogP contribution in [0.15, 0.2) is 79.3 Å². The third-order valence-electron chi connectivity index (χ3n) is 3.86. The van der Waals surface area contributed by atoms with Crippen LogP contribution in [-0.2, 0) is 6.61 Å². The van der Waals surface area contributed by atoms with E-state index in [1.54, 1.807) is 12.4 Å². The van der Waals surface area contributed by atoms with Gasteiger partial charge in [-0.2, -0.15) is 0 Å². The third-order valence-corrected chi connectivity index (χ3v) is 3.86. The van der Waals surface area contributed by atoms with Crippen molar-refractivity contribution in [1.29, 1.82) is 0 Å². The number of nitrogens with one attached hydrogen (secondary N) is 2. The lowest BCUT2D eigenvalue weighted by Gasteiger charge is -2.08. The van der Waals surface area contributed by atoms with Gasteiger partial charge in [0.1, 0.15) is 12.4 Å². The summed E-state index contributed by atoms with van der Waals surface area (Å²) in [5, 5.41) is 4.50. The number of ether oxygens (including phenoxy) is 1. The second-order valence-corrected chi connectivity index (χ2v) is 5.54. The first kappa shape index (κ1) is 14.3. The van der Waals surface area contributed by atoms with Gasteiger partial charge in [0, 0.05) is 35.2 Å². The molecule has 0 fully saturated rings. The third kappa shape index (κ3) is 3.08. The molecule has 2 N–H and O–H groups in total. The highest BCUT2D eigenvalue weighted by atomic mass is 16.5. The second kappa shape index (κ2) is 6.46. The maximum atomic E-state index is 5.92. The summed E-state index contributed by atoms with van der Waals surface area (Å²) < 4.78 is 5.92. The first-order valence-corrected chi connectivity index (χ1v) is 7.83. The van der Waals surface area contributed by atoms with Crippen molar-refractivity contribution in [2.75, 3.05) is 5.32 Å². The maximum absolute atomic E-state index is 5.92. The average molecular weight is 315 g/mol. The van der Waals surface area contributed by atoms with E-state index in [2.05, 4.69) is 33.5 Å². The molecule has 2 aromatic heterocycles. The molecule has 4 heteroatoms. The largest absolute Gasteiger partial charge is 0.489 e. The maximum Gasteiger partial charge on any atom is 0.120 e. The number of pyridine rings is 1. The Hall–Kier alpha value is -3.27. The predicted octanol–water partition coefficient (Wildman–Crippen LogP) is 4.89. The van der Waals surface area contributed by atoms with Crippen molar-refractivity contribution in [3.05, 3.63) is 84.8 Å². The molecule has 4 nitrogen and oxygen atoms in total. The second-order valence-electron chi connectivity index (χ2n) is 5.54. The van der Waals surface area contributed by atoms with Crippen molar-refractivity contribution >= 4 is 22.3 Å². The highest BCUT2D eigenvalue weighted by Crippen LogP contribution is 2.29. The van der Waals surface area contributed by atoms with E-state index in [0.717, 1.165) is 33.6 Å². The molecule has 118 valence electrons. The number of hydrogen-bond acceptors (Lipinski definition) is 3. The number of nitrogens with zero attached hydrogens (tertiary/aromatic N) is 1. The van der Waals surface area contributed by atoms with Crippen LogP contribution in [0.5, 0.6) is 5.75 Å². The molecule has 0 atom stereocenters. The van der Waals surface area contributed by atoms with Gasteiger partial charge in [0.05, 0.1) is 5.69 Å². The molecular weight excluding hydrogens is 298 g/mol. The average Bonchev–Trinajstić information content (AvgIpc) is 3.04. The number of anilines is 2. The van der Waals surface area contributed by atoms with Gasteiger partial charge in [-0.15, -0.1) is 0 Å². The summed E-state index contributed by atoms with van der Waals surface area (Å²) in [7, 11) is 0. The molecule has 0 amide bonds. The quantitative estimate of drug-likeness (QED) is 0.551. The molecule has 0 unspecified atom stereocenters. The summed E-state index contributed by atoms with van der Waals surface area (Å²) in [6.45, 7) is 0.559. The molecule has 0 aliphatic heterocycles. The number of rotatable bonds is 5. The van der Waals surface area contributed by atoms with Crippen molar-refractivity contribution in [2.45, 2.75) is 6.61 Å². The van der Waals surface area contributed by atoms with Crippen molar-refractivity contribution in [3.63, 3.8) is 0 Å².